The van der Waals surface area contributed by atoms with E-state index in [1.54, 1.807) is 0 Å². The van der Waals surface area contributed by atoms with Crippen molar-refractivity contribution >= 4 is 17.6 Å². The van der Waals surface area contributed by atoms with Crippen LogP contribution in [0.2, 0.25) is 5.02 Å². The number of benzene rings is 1. The second-order valence-electron chi connectivity index (χ2n) is 5.61. The molecule has 0 saturated heterocycles. The first-order chi connectivity index (χ1) is 9.47. The van der Waals surface area contributed by atoms with E-state index in [4.69, 9.17) is 16.7 Å². The average molecular weight is 298 g/mol. The van der Waals surface area contributed by atoms with E-state index < -0.39 is 5.97 Å². The molecule has 1 unspecified atom stereocenters. The predicted octanol–water partition coefficient (Wildman–Crippen LogP) is 3.75. The van der Waals surface area contributed by atoms with Gasteiger partial charge in [0.2, 0.25) is 0 Å². The third kappa shape index (κ3) is 7.51. The minimum atomic E-state index is -0.734. The van der Waals surface area contributed by atoms with Crippen LogP contribution >= 0.6 is 11.6 Å². The van der Waals surface area contributed by atoms with Crippen molar-refractivity contribution in [3.05, 3.63) is 34.9 Å². The zero-order chi connectivity index (χ0) is 15.0. The molecule has 0 aliphatic rings. The summed E-state index contributed by atoms with van der Waals surface area (Å²) in [6, 6.07) is 8.28. The normalized spacial score (nSPS) is 12.6. The first kappa shape index (κ1) is 17.0. The van der Waals surface area contributed by atoms with Gasteiger partial charge in [0.05, 0.1) is 0 Å². The number of aliphatic carboxylic acids is 1. The van der Waals surface area contributed by atoms with Crippen LogP contribution in [0.15, 0.2) is 24.3 Å². The van der Waals surface area contributed by atoms with Crippen molar-refractivity contribution in [3.63, 3.8) is 0 Å². The topological polar surface area (TPSA) is 49.3 Å². The van der Waals surface area contributed by atoms with E-state index in [0.29, 0.717) is 18.4 Å². The fourth-order valence-electron chi connectivity index (χ4n) is 2.30. The van der Waals surface area contributed by atoms with E-state index in [1.165, 1.54) is 5.56 Å². The summed E-state index contributed by atoms with van der Waals surface area (Å²) < 4.78 is 0. The van der Waals surface area contributed by atoms with Crippen molar-refractivity contribution in [2.24, 2.45) is 5.92 Å². The molecule has 0 bridgehead atoms. The standard InChI is InChI=1S/C16H24ClNO2/c1-12(2)9-15(18-8-4-7-16(19)20)11-13-5-3-6-14(17)10-13/h3,5-6,10,12,15,18H,4,7-9,11H2,1-2H3,(H,19,20). The number of nitrogens with one attached hydrogen (secondary N) is 1. The maximum absolute atomic E-state index is 10.5. The Morgan fingerprint density at radius 3 is 2.75 bits per heavy atom. The quantitative estimate of drug-likeness (QED) is 0.683. The van der Waals surface area contributed by atoms with E-state index in [2.05, 4.69) is 25.2 Å². The lowest BCUT2D eigenvalue weighted by atomic mass is 9.97. The SMILES string of the molecule is CC(C)CC(Cc1cccc(Cl)c1)NCCCC(=O)O. The van der Waals surface area contributed by atoms with Gasteiger partial charge in [0.25, 0.3) is 0 Å². The molecule has 1 aromatic rings. The van der Waals surface area contributed by atoms with Crippen molar-refractivity contribution in [1.29, 1.82) is 0 Å². The Kier molecular flexibility index (Phi) is 7.63. The molecular weight excluding hydrogens is 274 g/mol. The second-order valence-corrected chi connectivity index (χ2v) is 6.05. The Balaban J connectivity index is 2.48. The molecule has 1 rings (SSSR count). The number of carboxylic acid groups (broad SMARTS) is 1. The zero-order valence-electron chi connectivity index (χ0n) is 12.2. The molecule has 4 heteroatoms. The fraction of sp³-hybridized carbons (Fsp3) is 0.562. The Bertz CT molecular complexity index is 421. The highest BCUT2D eigenvalue weighted by Crippen LogP contribution is 2.15. The summed E-state index contributed by atoms with van der Waals surface area (Å²) in [6.07, 6.45) is 2.88. The van der Waals surface area contributed by atoms with Crippen LogP contribution in [0.3, 0.4) is 0 Å². The van der Waals surface area contributed by atoms with Gasteiger partial charge in [0.1, 0.15) is 0 Å². The van der Waals surface area contributed by atoms with Gasteiger partial charge in [0.15, 0.2) is 0 Å². The zero-order valence-corrected chi connectivity index (χ0v) is 13.0. The molecule has 0 aliphatic heterocycles. The van der Waals surface area contributed by atoms with Gasteiger partial charge < -0.3 is 10.4 Å². The van der Waals surface area contributed by atoms with Crippen LogP contribution < -0.4 is 5.32 Å². The summed E-state index contributed by atoms with van der Waals surface area (Å²) in [7, 11) is 0. The molecule has 3 nitrogen and oxygen atoms in total. The summed E-state index contributed by atoms with van der Waals surface area (Å²) in [5.41, 5.74) is 1.22. The highest BCUT2D eigenvalue weighted by atomic mass is 35.5. The molecule has 0 heterocycles. The third-order valence-corrected chi connectivity index (χ3v) is 3.36. The van der Waals surface area contributed by atoms with E-state index in [0.717, 1.165) is 24.4 Å². The molecule has 2 N–H and O–H groups in total. The van der Waals surface area contributed by atoms with E-state index >= 15 is 0 Å². The van der Waals surface area contributed by atoms with Crippen molar-refractivity contribution in [2.75, 3.05) is 6.54 Å². The van der Waals surface area contributed by atoms with Gasteiger partial charge in [-0.05, 0) is 49.4 Å². The number of rotatable bonds is 9. The second kappa shape index (κ2) is 8.98. The lowest BCUT2D eigenvalue weighted by molar-refractivity contribution is -0.137. The number of hydrogen-bond acceptors (Lipinski definition) is 2. The highest BCUT2D eigenvalue weighted by Gasteiger charge is 2.11. The largest absolute Gasteiger partial charge is 0.481 e. The summed E-state index contributed by atoms with van der Waals surface area (Å²) in [5.74, 6) is -0.131. The van der Waals surface area contributed by atoms with Gasteiger partial charge in [0, 0.05) is 17.5 Å². The summed E-state index contributed by atoms with van der Waals surface area (Å²) in [4.78, 5) is 10.5. The summed E-state index contributed by atoms with van der Waals surface area (Å²) >= 11 is 6.01. The highest BCUT2D eigenvalue weighted by molar-refractivity contribution is 6.30. The Morgan fingerprint density at radius 2 is 2.15 bits per heavy atom. The Morgan fingerprint density at radius 1 is 1.40 bits per heavy atom. The molecule has 0 radical (unpaired) electrons. The monoisotopic (exact) mass is 297 g/mol. The van der Waals surface area contributed by atoms with E-state index in [1.807, 2.05) is 18.2 Å². The average Bonchev–Trinajstić information content (AvgIpc) is 2.33. The van der Waals surface area contributed by atoms with Crippen LogP contribution in [-0.2, 0) is 11.2 Å². The van der Waals surface area contributed by atoms with Crippen molar-refractivity contribution in [3.8, 4) is 0 Å². The number of hydrogen-bond donors (Lipinski definition) is 2. The maximum Gasteiger partial charge on any atom is 0.303 e. The van der Waals surface area contributed by atoms with Gasteiger partial charge in [-0.2, -0.15) is 0 Å². The molecule has 1 aromatic carbocycles. The number of carboxylic acids is 1. The molecule has 0 saturated carbocycles. The molecule has 0 spiro atoms. The van der Waals surface area contributed by atoms with Crippen molar-refractivity contribution < 1.29 is 9.90 Å². The number of halogens is 1. The van der Waals surface area contributed by atoms with Gasteiger partial charge in [-0.15, -0.1) is 0 Å². The van der Waals surface area contributed by atoms with Gasteiger partial charge in [-0.1, -0.05) is 37.6 Å². The van der Waals surface area contributed by atoms with Gasteiger partial charge in [-0.3, -0.25) is 4.79 Å². The van der Waals surface area contributed by atoms with E-state index in [9.17, 15) is 4.79 Å². The molecule has 20 heavy (non-hydrogen) atoms. The van der Waals surface area contributed by atoms with Gasteiger partial charge >= 0.3 is 5.97 Å². The third-order valence-electron chi connectivity index (χ3n) is 3.13. The first-order valence-corrected chi connectivity index (χ1v) is 7.54. The number of carbonyl (C=O) groups is 1. The predicted molar refractivity (Wildman–Crippen MR) is 83.3 cm³/mol. The molecule has 0 aromatic heterocycles. The molecule has 1 atom stereocenters. The summed E-state index contributed by atoms with van der Waals surface area (Å²) in [6.45, 7) is 5.14. The molecular formula is C16H24ClNO2. The molecule has 112 valence electrons. The van der Waals surface area contributed by atoms with Crippen LogP contribution in [0.5, 0.6) is 0 Å². The van der Waals surface area contributed by atoms with Gasteiger partial charge in [-0.25, -0.2) is 0 Å². The molecule has 0 aliphatic carbocycles. The summed E-state index contributed by atoms with van der Waals surface area (Å²) in [5, 5.41) is 12.9. The first-order valence-electron chi connectivity index (χ1n) is 7.17. The Hall–Kier alpha value is -1.06. The van der Waals surface area contributed by atoms with Crippen LogP contribution in [0.4, 0.5) is 0 Å². The van der Waals surface area contributed by atoms with Crippen molar-refractivity contribution in [1.82, 2.24) is 5.32 Å². The maximum atomic E-state index is 10.5. The van der Waals surface area contributed by atoms with Crippen LogP contribution in [-0.4, -0.2) is 23.7 Å². The van der Waals surface area contributed by atoms with Crippen LogP contribution in [0.1, 0.15) is 38.7 Å². The van der Waals surface area contributed by atoms with Crippen LogP contribution in [0, 0.1) is 5.92 Å². The minimum Gasteiger partial charge on any atom is -0.481 e. The molecule has 0 amide bonds. The lowest BCUT2D eigenvalue weighted by Gasteiger charge is -2.21. The minimum absolute atomic E-state index is 0.221. The van der Waals surface area contributed by atoms with Crippen molar-refractivity contribution in [2.45, 2.75) is 45.6 Å². The smallest absolute Gasteiger partial charge is 0.303 e. The fourth-order valence-corrected chi connectivity index (χ4v) is 2.52. The Labute approximate surface area is 126 Å². The molecule has 0 fully saturated rings. The lowest BCUT2D eigenvalue weighted by Crippen LogP contribution is -2.33. The van der Waals surface area contributed by atoms with E-state index in [-0.39, 0.29) is 6.42 Å². The van der Waals surface area contributed by atoms with Crippen LogP contribution in [0.25, 0.3) is 0 Å².